The number of pyridine rings is 1. The number of aliphatic hydroxyl groups excluding tert-OH is 2. The Hall–Kier alpha value is -3.55. The van der Waals surface area contributed by atoms with Crippen LogP contribution in [0.3, 0.4) is 0 Å². The van der Waals surface area contributed by atoms with Crippen molar-refractivity contribution in [2.24, 2.45) is 23.7 Å². The number of likely N-dealkylation sites (N-methyl/N-ethyl adjacent to an activating group) is 2. The minimum absolute atomic E-state index is 0.00115. The van der Waals surface area contributed by atoms with Crippen molar-refractivity contribution >= 4 is 46.1 Å². The number of nitrogens with zero attached hydrogens (tertiary/aromatic N) is 3. The summed E-state index contributed by atoms with van der Waals surface area (Å²) < 4.78 is 58.3. The average Bonchev–Trinajstić information content (AvgIpc) is 4.42. The summed E-state index contributed by atoms with van der Waals surface area (Å²) in [6.45, 7) is 18.6. The Balaban J connectivity index is 1.03. The molecule has 5 fully saturated rings. The standard InChI is InChI=1S/C61H97ClN4O17/c1-15-47-61(10,74)53(70)37(6)65(13)30-33(2)28-59(8,73)54(83-58-51(69)46(64(11)12)25-34(3)78-58)35(4)52(36(5)56(71)80-47)82-49-29-60(9,75-14)55(38(7)79-49)81-48(67)21-23-76-24-22-63-44-26-41-45(27-43(44)62)66(40-19-20-40)31-42(50(41)68)57(72)77-32-39-17-16-18-39/h26-27,31,33-40,46-47,49,51-55,58,63,69-70,73-74H,15-25,28-30,32H2,1-14H3/t33-,34-,35+,36-,37-,38+,46+,47-,49?,51-,52+,53-,54-,55+,58?,59-,60+,61-/m1/s1. The lowest BCUT2D eigenvalue weighted by atomic mass is 9.77. The Morgan fingerprint density at radius 3 is 2.27 bits per heavy atom. The number of rotatable bonds is 19. The van der Waals surface area contributed by atoms with E-state index in [9.17, 15) is 39.6 Å². The Morgan fingerprint density at radius 2 is 1.64 bits per heavy atom. The van der Waals surface area contributed by atoms with Gasteiger partial charge in [0.05, 0.1) is 78.4 Å². The zero-order valence-electron chi connectivity index (χ0n) is 51.5. The van der Waals surface area contributed by atoms with E-state index in [1.165, 1.54) is 14.0 Å². The van der Waals surface area contributed by atoms with Gasteiger partial charge in [0.1, 0.15) is 35.1 Å². The first-order valence-electron chi connectivity index (χ1n) is 30.1. The van der Waals surface area contributed by atoms with Gasteiger partial charge in [-0.3, -0.25) is 14.4 Å². The molecule has 22 heteroatoms. The van der Waals surface area contributed by atoms with Crippen LogP contribution in [0.25, 0.3) is 10.9 Å². The van der Waals surface area contributed by atoms with E-state index < -0.39 is 113 Å². The Bertz CT molecular complexity index is 2580. The number of methoxy groups -OCH3 is 1. The van der Waals surface area contributed by atoms with Gasteiger partial charge in [-0.25, -0.2) is 4.79 Å². The summed E-state index contributed by atoms with van der Waals surface area (Å²) in [5.41, 5.74) is -3.99. The molecule has 7 rings (SSSR count). The minimum Gasteiger partial charge on any atom is -0.462 e. The zero-order valence-corrected chi connectivity index (χ0v) is 52.2. The molecule has 2 saturated carbocycles. The van der Waals surface area contributed by atoms with Crippen LogP contribution in [-0.2, 0) is 52.2 Å². The number of fused-ring (bicyclic) bond motifs is 1. The summed E-state index contributed by atoms with van der Waals surface area (Å²) >= 11 is 6.75. The quantitative estimate of drug-likeness (QED) is 0.0593. The predicted molar refractivity (Wildman–Crippen MR) is 311 cm³/mol. The Labute approximate surface area is 495 Å². The molecule has 3 saturated heterocycles. The molecule has 5 aliphatic rings. The highest BCUT2D eigenvalue weighted by molar-refractivity contribution is 6.34. The maximum absolute atomic E-state index is 14.6. The van der Waals surface area contributed by atoms with Crippen LogP contribution in [0, 0.1) is 23.7 Å². The summed E-state index contributed by atoms with van der Waals surface area (Å²) in [4.78, 5) is 58.9. The van der Waals surface area contributed by atoms with Crippen LogP contribution in [0.5, 0.6) is 0 Å². The molecule has 0 radical (unpaired) electrons. The number of halogens is 1. The number of ether oxygens (including phenoxy) is 9. The molecule has 18 atom stereocenters. The van der Waals surface area contributed by atoms with E-state index in [1.807, 2.05) is 49.4 Å². The molecule has 1 aromatic carbocycles. The number of anilines is 1. The van der Waals surface area contributed by atoms with E-state index in [0.29, 0.717) is 47.1 Å². The molecule has 5 N–H and O–H groups in total. The Morgan fingerprint density at radius 1 is 0.940 bits per heavy atom. The molecular weight excluding hydrogens is 1100 g/mol. The second kappa shape index (κ2) is 28.1. The van der Waals surface area contributed by atoms with Crippen LogP contribution in [0.4, 0.5) is 5.69 Å². The lowest BCUT2D eigenvalue weighted by Gasteiger charge is -2.49. The average molecular weight is 1190 g/mol. The smallest absolute Gasteiger partial charge is 0.343 e. The van der Waals surface area contributed by atoms with Crippen LogP contribution < -0.4 is 10.7 Å². The van der Waals surface area contributed by atoms with Crippen LogP contribution in [0.15, 0.2) is 23.1 Å². The number of hydrogen-bond acceptors (Lipinski definition) is 20. The van der Waals surface area contributed by atoms with Crippen molar-refractivity contribution in [3.05, 3.63) is 39.1 Å². The van der Waals surface area contributed by atoms with Crippen LogP contribution in [-0.4, -0.2) is 204 Å². The van der Waals surface area contributed by atoms with Gasteiger partial charge < -0.3 is 82.7 Å². The van der Waals surface area contributed by atoms with Gasteiger partial charge in [-0.2, -0.15) is 0 Å². The molecule has 0 amide bonds. The van der Waals surface area contributed by atoms with Crippen molar-refractivity contribution in [2.75, 3.05) is 66.5 Å². The number of cyclic esters (lactones) is 1. The largest absolute Gasteiger partial charge is 0.462 e. The first-order chi connectivity index (χ1) is 39.0. The van der Waals surface area contributed by atoms with E-state index in [4.69, 9.17) is 54.2 Å². The molecular formula is C61H97ClN4O17. The highest BCUT2D eigenvalue weighted by Crippen LogP contribution is 2.42. The van der Waals surface area contributed by atoms with Gasteiger partial charge in [-0.1, -0.05) is 38.8 Å². The number of carbonyl (C=O) groups is 3. The number of carbonyl (C=O) groups excluding carboxylic acids is 3. The molecule has 2 aliphatic carbocycles. The summed E-state index contributed by atoms with van der Waals surface area (Å²) in [5.74, 6) is -3.76. The maximum Gasteiger partial charge on any atom is 0.343 e. The second-order valence-corrected chi connectivity index (χ2v) is 26.1. The predicted octanol–water partition coefficient (Wildman–Crippen LogP) is 6.23. The fourth-order valence-corrected chi connectivity index (χ4v) is 13.1. The lowest BCUT2D eigenvalue weighted by Crippen LogP contribution is -2.61. The zero-order chi connectivity index (χ0) is 61.0. The molecule has 2 aromatic rings. The number of aromatic nitrogens is 1. The lowest BCUT2D eigenvalue weighted by molar-refractivity contribution is -0.318. The molecule has 0 spiro atoms. The minimum atomic E-state index is -1.87. The van der Waals surface area contributed by atoms with Crippen molar-refractivity contribution < 1.29 is 77.4 Å². The molecule has 4 heterocycles. The molecule has 470 valence electrons. The third-order valence-corrected chi connectivity index (χ3v) is 18.7. The number of aliphatic hydroxyl groups is 4. The maximum atomic E-state index is 14.6. The number of hydrogen-bond donors (Lipinski definition) is 5. The van der Waals surface area contributed by atoms with Gasteiger partial charge in [0.25, 0.3) is 0 Å². The molecule has 83 heavy (non-hydrogen) atoms. The highest BCUT2D eigenvalue weighted by Gasteiger charge is 2.54. The number of esters is 3. The third-order valence-electron chi connectivity index (χ3n) is 18.4. The van der Waals surface area contributed by atoms with Crippen molar-refractivity contribution in [2.45, 2.75) is 230 Å². The van der Waals surface area contributed by atoms with Crippen molar-refractivity contribution in [1.82, 2.24) is 14.4 Å². The van der Waals surface area contributed by atoms with E-state index in [-0.39, 0.29) is 75.1 Å². The van der Waals surface area contributed by atoms with E-state index in [0.717, 1.165) is 32.1 Å². The summed E-state index contributed by atoms with van der Waals surface area (Å²) in [6, 6.07) is 2.63. The van der Waals surface area contributed by atoms with Crippen molar-refractivity contribution in [1.29, 1.82) is 0 Å². The Kier molecular flexibility index (Phi) is 22.7. The monoisotopic (exact) mass is 1190 g/mol. The van der Waals surface area contributed by atoms with E-state index in [2.05, 4.69) is 5.32 Å². The van der Waals surface area contributed by atoms with Crippen LogP contribution >= 0.6 is 11.6 Å². The third kappa shape index (κ3) is 15.8. The molecule has 0 bridgehead atoms. The van der Waals surface area contributed by atoms with Gasteiger partial charge in [0, 0.05) is 62.2 Å². The van der Waals surface area contributed by atoms with Gasteiger partial charge in [-0.05, 0) is 139 Å². The van der Waals surface area contributed by atoms with Crippen molar-refractivity contribution in [3.63, 3.8) is 0 Å². The van der Waals surface area contributed by atoms with E-state index in [1.54, 1.807) is 66.8 Å². The molecule has 1 aromatic heterocycles. The summed E-state index contributed by atoms with van der Waals surface area (Å²) in [6.07, 6.45) is -2.77. The first kappa shape index (κ1) is 67.0. The SMILES string of the molecule is CC[C@H]1OC(=O)[C@H](C)[C@@H](OC2C[C@](C)(OC)[C@@H](OC(=O)CCOCCNc3cc4c(=O)c(C(=O)OCC5CCC5)cn(C5CC5)c4cc3Cl)[C@H](C)O2)[C@H](C)[C@@H](OC2O[C@H](C)C[C@H](N(C)C)[C@H]2O)[C@](C)(O)C[C@@H](C)CN(C)[C@H](C)[C@@H](O)[C@]1(C)O. The fraction of sp³-hybridized carbons (Fsp3) is 0.803. The summed E-state index contributed by atoms with van der Waals surface area (Å²) in [7, 11) is 7.06. The van der Waals surface area contributed by atoms with Gasteiger partial charge in [0.2, 0.25) is 5.43 Å². The molecule has 21 nitrogen and oxygen atoms in total. The second-order valence-electron chi connectivity index (χ2n) is 25.7. The fourth-order valence-electron chi connectivity index (χ4n) is 12.9. The van der Waals surface area contributed by atoms with E-state index >= 15 is 0 Å². The normalized spacial score (nSPS) is 37.3. The number of benzene rings is 1. The van der Waals surface area contributed by atoms with Gasteiger partial charge >= 0.3 is 17.9 Å². The highest BCUT2D eigenvalue weighted by atomic mass is 35.5. The topological polar surface area (TPSA) is 256 Å². The van der Waals surface area contributed by atoms with Gasteiger partial charge in [-0.15, -0.1) is 0 Å². The van der Waals surface area contributed by atoms with Gasteiger partial charge in [0.15, 0.2) is 18.7 Å². The molecule has 3 aliphatic heterocycles. The molecule has 2 unspecified atom stereocenters. The number of nitrogens with one attached hydrogen (secondary N) is 1. The van der Waals surface area contributed by atoms with Crippen LogP contribution in [0.1, 0.15) is 150 Å². The first-order valence-corrected chi connectivity index (χ1v) is 30.5. The van der Waals surface area contributed by atoms with Crippen LogP contribution in [0.2, 0.25) is 5.02 Å². The summed E-state index contributed by atoms with van der Waals surface area (Å²) in [5, 5.41) is 52.2. The van der Waals surface area contributed by atoms with Crippen molar-refractivity contribution in [3.8, 4) is 0 Å².